The van der Waals surface area contributed by atoms with Gasteiger partial charge in [0.15, 0.2) is 0 Å². The number of hydrogen-bond donors (Lipinski definition) is 0. The standard InChI is InChI=1S/C9HF18O4S2/c10-2(11,6(18,19)20)4(14,15)8(24,25)32(28,29)1-33(30,31)9(26,27)5(16,17)3(12,13)7(21,22)23/h1H. The van der Waals surface area contributed by atoms with Crippen molar-refractivity contribution in [1.29, 1.82) is 0 Å². The van der Waals surface area contributed by atoms with Gasteiger partial charge in [-0.1, -0.05) is 0 Å². The fraction of sp³-hybridized carbons (Fsp3) is 0.889. The summed E-state index contributed by atoms with van der Waals surface area (Å²) in [5, 5.41) is -19.4. The Balaban J connectivity index is 6.73. The second kappa shape index (κ2) is 7.57. The van der Waals surface area contributed by atoms with Gasteiger partial charge < -0.3 is 0 Å². The summed E-state index contributed by atoms with van der Waals surface area (Å²) in [7, 11) is -17.1. The van der Waals surface area contributed by atoms with E-state index < -0.39 is 71.3 Å². The van der Waals surface area contributed by atoms with Crippen molar-refractivity contribution in [3.63, 3.8) is 0 Å². The van der Waals surface area contributed by atoms with Crippen LogP contribution < -0.4 is 0 Å². The summed E-state index contributed by atoms with van der Waals surface area (Å²) >= 11 is 0. The van der Waals surface area contributed by atoms with Gasteiger partial charge in [0.25, 0.3) is 0 Å². The summed E-state index contributed by atoms with van der Waals surface area (Å²) in [6.07, 6.45) is -15.5. The van der Waals surface area contributed by atoms with Crippen molar-refractivity contribution >= 4 is 19.7 Å². The quantitative estimate of drug-likeness (QED) is 0.389. The molecule has 24 heteroatoms. The monoisotopic (exact) mass is 579 g/mol. The Bertz CT molecular complexity index is 876. The number of halogens is 18. The zero-order valence-electron chi connectivity index (χ0n) is 13.8. The first-order chi connectivity index (χ1) is 13.7. The summed E-state index contributed by atoms with van der Waals surface area (Å²) < 4.78 is 271. The number of alkyl halides is 18. The second-order valence-corrected chi connectivity index (χ2v) is 9.49. The number of hydrogen-bond acceptors (Lipinski definition) is 4. The van der Waals surface area contributed by atoms with Gasteiger partial charge in [0, 0.05) is 0 Å². The predicted molar refractivity (Wildman–Crippen MR) is 63.9 cm³/mol. The molecule has 0 amide bonds. The van der Waals surface area contributed by atoms with Crippen LogP contribution in [0, 0.1) is 5.08 Å². The molecule has 0 heterocycles. The molecule has 0 aromatic carbocycles. The Morgan fingerprint density at radius 1 is 0.364 bits per heavy atom. The van der Waals surface area contributed by atoms with Crippen LogP contribution in [0.25, 0.3) is 0 Å². The van der Waals surface area contributed by atoms with E-state index in [4.69, 9.17) is 0 Å². The summed E-state index contributed by atoms with van der Waals surface area (Å²) in [4.78, 5) is 0. The molecule has 0 aliphatic heterocycles. The van der Waals surface area contributed by atoms with Gasteiger partial charge in [-0.2, -0.15) is 79.0 Å². The molecule has 0 aliphatic carbocycles. The zero-order valence-corrected chi connectivity index (χ0v) is 15.5. The van der Waals surface area contributed by atoms with Crippen LogP contribution >= 0.6 is 0 Å². The minimum Gasteiger partial charge on any atom is -0.221 e. The summed E-state index contributed by atoms with van der Waals surface area (Å²) in [5.41, 5.74) is 0. The molecule has 0 aliphatic rings. The molecule has 33 heavy (non-hydrogen) atoms. The molecule has 0 unspecified atom stereocenters. The highest BCUT2D eigenvalue weighted by atomic mass is 32.3. The topological polar surface area (TPSA) is 68.3 Å². The van der Waals surface area contributed by atoms with Gasteiger partial charge >= 0.3 is 46.6 Å². The first-order valence-electron chi connectivity index (χ1n) is 6.45. The van der Waals surface area contributed by atoms with E-state index >= 15 is 0 Å². The lowest BCUT2D eigenvalue weighted by Crippen LogP contribution is -2.65. The Morgan fingerprint density at radius 3 is 0.697 bits per heavy atom. The minimum absolute atomic E-state index is 3.18. The molecular formula is C9HF18O4S2. The Labute approximate surface area is 168 Å². The minimum atomic E-state index is -8.56. The molecule has 0 N–H and O–H groups in total. The van der Waals surface area contributed by atoms with Crippen LogP contribution in [0.15, 0.2) is 0 Å². The van der Waals surface area contributed by atoms with Crippen molar-refractivity contribution in [2.45, 2.75) is 46.6 Å². The zero-order chi connectivity index (χ0) is 27.7. The third-order valence-corrected chi connectivity index (χ3v) is 7.17. The van der Waals surface area contributed by atoms with Crippen molar-refractivity contribution in [1.82, 2.24) is 0 Å². The van der Waals surface area contributed by atoms with Gasteiger partial charge in [-0.3, -0.25) is 0 Å². The molecule has 199 valence electrons. The van der Waals surface area contributed by atoms with E-state index in [2.05, 4.69) is 0 Å². The van der Waals surface area contributed by atoms with Crippen LogP contribution in [0.2, 0.25) is 0 Å². The van der Waals surface area contributed by atoms with Crippen LogP contribution in [0.5, 0.6) is 0 Å². The molecular weight excluding hydrogens is 578 g/mol. The van der Waals surface area contributed by atoms with E-state index in [9.17, 15) is 95.9 Å². The van der Waals surface area contributed by atoms with Crippen LogP contribution in [-0.4, -0.2) is 63.4 Å². The van der Waals surface area contributed by atoms with Crippen LogP contribution in [-0.2, 0) is 19.7 Å². The largest absolute Gasteiger partial charge is 0.460 e. The summed E-state index contributed by atoms with van der Waals surface area (Å²) in [6, 6.07) is 0. The van der Waals surface area contributed by atoms with E-state index in [1.807, 2.05) is 0 Å². The predicted octanol–water partition coefficient (Wildman–Crippen LogP) is 4.79. The maximum atomic E-state index is 13.3. The van der Waals surface area contributed by atoms with E-state index in [0.717, 1.165) is 0 Å². The maximum absolute atomic E-state index is 13.3. The molecule has 0 saturated carbocycles. The SMILES string of the molecule is O=S(=O)([CH]S(=O)(=O)C(F)(F)C(F)(F)C(F)(F)C(F)(F)F)C(F)(F)C(F)(F)C(F)(F)C(F)(F)F. The van der Waals surface area contributed by atoms with Crippen molar-refractivity contribution in [3.8, 4) is 0 Å². The van der Waals surface area contributed by atoms with E-state index in [0.29, 0.717) is 0 Å². The molecule has 1 radical (unpaired) electrons. The molecule has 0 aromatic rings. The summed E-state index contributed by atoms with van der Waals surface area (Å²) in [6.45, 7) is 0. The lowest BCUT2D eigenvalue weighted by atomic mass is 10.1. The molecule has 0 saturated heterocycles. The lowest BCUT2D eigenvalue weighted by molar-refractivity contribution is -0.382. The first-order valence-corrected chi connectivity index (χ1v) is 9.54. The van der Waals surface area contributed by atoms with Crippen molar-refractivity contribution in [2.24, 2.45) is 0 Å². The van der Waals surface area contributed by atoms with E-state index in [-0.39, 0.29) is 0 Å². The average Bonchev–Trinajstić information content (AvgIpc) is 2.50. The third-order valence-electron chi connectivity index (χ3n) is 3.20. The smallest absolute Gasteiger partial charge is 0.221 e. The normalized spacial score (nSPS) is 16.8. The molecule has 0 atom stereocenters. The fourth-order valence-corrected chi connectivity index (χ4v) is 4.64. The maximum Gasteiger partial charge on any atom is 0.460 e. The molecule has 0 aromatic heterocycles. The summed E-state index contributed by atoms with van der Waals surface area (Å²) in [5.74, 6) is -32.7. The van der Waals surface area contributed by atoms with Crippen molar-refractivity contribution < 1.29 is 95.9 Å². The molecule has 0 rings (SSSR count). The highest BCUT2D eigenvalue weighted by Gasteiger charge is 2.88. The first kappa shape index (κ1) is 31.6. The highest BCUT2D eigenvalue weighted by molar-refractivity contribution is 8.12. The Hall–Kier alpha value is -1.36. The van der Waals surface area contributed by atoms with Crippen molar-refractivity contribution in [2.75, 3.05) is 0 Å². The average molecular weight is 579 g/mol. The Kier molecular flexibility index (Phi) is 7.26. The molecule has 0 spiro atoms. The van der Waals surface area contributed by atoms with Gasteiger partial charge in [0.05, 0.1) is 0 Å². The number of sulfone groups is 2. The van der Waals surface area contributed by atoms with Gasteiger partial charge in [-0.25, -0.2) is 16.8 Å². The second-order valence-electron chi connectivity index (χ2n) is 5.51. The molecule has 0 bridgehead atoms. The molecule has 0 fully saturated rings. The molecule has 4 nitrogen and oxygen atoms in total. The van der Waals surface area contributed by atoms with Gasteiger partial charge in [-0.05, 0) is 0 Å². The van der Waals surface area contributed by atoms with E-state index in [1.165, 1.54) is 0 Å². The van der Waals surface area contributed by atoms with Crippen molar-refractivity contribution in [3.05, 3.63) is 5.08 Å². The van der Waals surface area contributed by atoms with Gasteiger partial charge in [0.2, 0.25) is 24.8 Å². The van der Waals surface area contributed by atoms with Gasteiger partial charge in [-0.15, -0.1) is 0 Å². The van der Waals surface area contributed by atoms with E-state index in [1.54, 1.807) is 0 Å². The fourth-order valence-electron chi connectivity index (χ4n) is 1.37. The van der Waals surface area contributed by atoms with Gasteiger partial charge in [0.1, 0.15) is 0 Å². The number of rotatable bonds is 8. The lowest BCUT2D eigenvalue weighted by Gasteiger charge is -2.34. The Morgan fingerprint density at radius 2 is 0.545 bits per heavy atom. The van der Waals surface area contributed by atoms with Crippen LogP contribution in [0.4, 0.5) is 79.0 Å². The highest BCUT2D eigenvalue weighted by Crippen LogP contribution is 2.58. The van der Waals surface area contributed by atoms with Crippen LogP contribution in [0.3, 0.4) is 0 Å². The van der Waals surface area contributed by atoms with Crippen LogP contribution in [0.1, 0.15) is 0 Å². The third kappa shape index (κ3) is 4.28.